The van der Waals surface area contributed by atoms with E-state index >= 15 is 0 Å². The molecule has 0 saturated carbocycles. The maximum absolute atomic E-state index is 12.2. The topological polar surface area (TPSA) is 92.1 Å². The van der Waals surface area contributed by atoms with Gasteiger partial charge in [0, 0.05) is 23.2 Å². The van der Waals surface area contributed by atoms with Crippen molar-refractivity contribution in [2.75, 3.05) is 0 Å². The number of fused-ring (bicyclic) bond motifs is 1. The average Bonchev–Trinajstić information content (AvgIpc) is 2.93. The van der Waals surface area contributed by atoms with E-state index < -0.39 is 23.9 Å². The Morgan fingerprint density at radius 3 is 2.48 bits per heavy atom. The number of carbonyl (C=O) groups excluding carboxylic acids is 3. The standard InChI is InChI=1S/C14H14N4O4S/c1-7(2)17-12(21)11(20)16(14(17)22)5-9-4-10(19)18-8(3)6-23-13(18)15-9/h4,6-7H,5H2,1-3H3. The van der Waals surface area contributed by atoms with Gasteiger partial charge in [-0.05, 0) is 20.8 Å². The fraction of sp³-hybridized carbons (Fsp3) is 0.357. The van der Waals surface area contributed by atoms with E-state index in [9.17, 15) is 19.2 Å². The number of thiazole rings is 1. The van der Waals surface area contributed by atoms with Gasteiger partial charge in [-0.25, -0.2) is 14.7 Å². The number of amides is 4. The fourth-order valence-corrected chi connectivity index (χ4v) is 3.35. The minimum absolute atomic E-state index is 0.199. The zero-order valence-corrected chi connectivity index (χ0v) is 13.6. The smallest absolute Gasteiger partial charge is 0.269 e. The molecule has 9 heteroatoms. The summed E-state index contributed by atoms with van der Waals surface area (Å²) in [6.45, 7) is 4.89. The largest absolute Gasteiger partial charge is 0.334 e. The SMILES string of the molecule is Cc1csc2nc(CN3C(=O)C(=O)N(C(C)C)C3=O)cc(=O)n12. The van der Waals surface area contributed by atoms with E-state index in [2.05, 4.69) is 4.98 Å². The van der Waals surface area contributed by atoms with Crippen LogP contribution in [0.5, 0.6) is 0 Å². The summed E-state index contributed by atoms with van der Waals surface area (Å²) >= 11 is 1.29. The first-order chi connectivity index (χ1) is 10.8. The monoisotopic (exact) mass is 334 g/mol. The molecule has 3 rings (SSSR count). The number of imide groups is 2. The molecule has 0 aliphatic carbocycles. The van der Waals surface area contributed by atoms with E-state index in [4.69, 9.17) is 0 Å². The Hall–Kier alpha value is -2.55. The number of aromatic nitrogens is 2. The van der Waals surface area contributed by atoms with Crippen molar-refractivity contribution in [1.29, 1.82) is 0 Å². The van der Waals surface area contributed by atoms with Crippen LogP contribution < -0.4 is 5.56 Å². The number of nitrogens with zero attached hydrogens (tertiary/aromatic N) is 4. The fourth-order valence-electron chi connectivity index (χ4n) is 2.46. The molecule has 0 aromatic carbocycles. The number of hydrogen-bond donors (Lipinski definition) is 0. The average molecular weight is 334 g/mol. The third-order valence-corrected chi connectivity index (χ3v) is 4.49. The van der Waals surface area contributed by atoms with Crippen LogP contribution in [-0.4, -0.2) is 43.1 Å². The maximum atomic E-state index is 12.2. The minimum Gasteiger partial charge on any atom is -0.269 e. The van der Waals surface area contributed by atoms with Crippen LogP contribution in [0, 0.1) is 6.92 Å². The molecule has 1 aliphatic heterocycles. The van der Waals surface area contributed by atoms with Gasteiger partial charge in [-0.3, -0.25) is 23.7 Å². The molecule has 1 fully saturated rings. The molecule has 0 atom stereocenters. The van der Waals surface area contributed by atoms with Gasteiger partial charge in [0.2, 0.25) is 0 Å². The molecule has 0 unspecified atom stereocenters. The van der Waals surface area contributed by atoms with Gasteiger partial charge in [0.1, 0.15) is 0 Å². The van der Waals surface area contributed by atoms with Crippen LogP contribution in [0.3, 0.4) is 0 Å². The molecule has 2 aromatic heterocycles. The molecule has 0 spiro atoms. The molecule has 0 radical (unpaired) electrons. The van der Waals surface area contributed by atoms with Gasteiger partial charge in [0.25, 0.3) is 5.56 Å². The van der Waals surface area contributed by atoms with Crippen LogP contribution in [0.1, 0.15) is 25.2 Å². The summed E-state index contributed by atoms with van der Waals surface area (Å²) in [5, 5.41) is 1.80. The van der Waals surface area contributed by atoms with Crippen molar-refractivity contribution in [3.05, 3.63) is 33.2 Å². The molecule has 23 heavy (non-hydrogen) atoms. The Kier molecular flexibility index (Phi) is 3.52. The van der Waals surface area contributed by atoms with Gasteiger partial charge < -0.3 is 0 Å². The van der Waals surface area contributed by atoms with Crippen LogP contribution in [0.4, 0.5) is 4.79 Å². The number of urea groups is 1. The van der Waals surface area contributed by atoms with E-state index in [1.165, 1.54) is 21.8 Å². The highest BCUT2D eigenvalue weighted by Crippen LogP contribution is 2.18. The molecular formula is C14H14N4O4S. The summed E-state index contributed by atoms with van der Waals surface area (Å²) in [7, 11) is 0. The molecule has 8 nitrogen and oxygen atoms in total. The molecule has 4 amide bonds. The van der Waals surface area contributed by atoms with Crippen LogP contribution in [-0.2, 0) is 16.1 Å². The van der Waals surface area contributed by atoms with Gasteiger partial charge in [-0.1, -0.05) is 0 Å². The lowest BCUT2D eigenvalue weighted by atomic mass is 10.3. The summed E-state index contributed by atoms with van der Waals surface area (Å²) in [5.74, 6) is -1.75. The van der Waals surface area contributed by atoms with Gasteiger partial charge in [0.15, 0.2) is 4.96 Å². The molecule has 0 N–H and O–H groups in total. The van der Waals surface area contributed by atoms with Crippen molar-refractivity contribution in [2.45, 2.75) is 33.4 Å². The Morgan fingerprint density at radius 2 is 1.87 bits per heavy atom. The molecule has 0 bridgehead atoms. The summed E-state index contributed by atoms with van der Waals surface area (Å²) in [4.78, 5) is 54.7. The van der Waals surface area contributed by atoms with Crippen molar-refractivity contribution < 1.29 is 14.4 Å². The highest BCUT2D eigenvalue weighted by molar-refractivity contribution is 7.15. The normalized spacial score (nSPS) is 15.6. The second-order valence-corrected chi connectivity index (χ2v) is 6.36. The Bertz CT molecular complexity index is 898. The first-order valence-electron chi connectivity index (χ1n) is 6.97. The predicted octanol–water partition coefficient (Wildman–Crippen LogP) is 0.764. The second kappa shape index (κ2) is 5.27. The minimum atomic E-state index is -0.895. The Morgan fingerprint density at radius 1 is 1.17 bits per heavy atom. The highest BCUT2D eigenvalue weighted by atomic mass is 32.1. The number of rotatable bonds is 3. The first kappa shape index (κ1) is 15.3. The van der Waals surface area contributed by atoms with Crippen molar-refractivity contribution in [3.63, 3.8) is 0 Å². The summed E-state index contributed by atoms with van der Waals surface area (Å²) in [6.07, 6.45) is 0. The second-order valence-electron chi connectivity index (χ2n) is 5.52. The van der Waals surface area contributed by atoms with Crippen molar-refractivity contribution in [1.82, 2.24) is 19.2 Å². The van der Waals surface area contributed by atoms with Crippen LogP contribution in [0.2, 0.25) is 0 Å². The van der Waals surface area contributed by atoms with Gasteiger partial charge in [0.05, 0.1) is 12.2 Å². The molecular weight excluding hydrogens is 320 g/mol. The van der Waals surface area contributed by atoms with Crippen LogP contribution in [0.25, 0.3) is 4.96 Å². The molecule has 3 heterocycles. The summed E-state index contributed by atoms with van der Waals surface area (Å²) in [5.41, 5.74) is 0.760. The summed E-state index contributed by atoms with van der Waals surface area (Å²) < 4.78 is 1.45. The number of aryl methyl sites for hydroxylation is 1. The zero-order chi connectivity index (χ0) is 16.9. The first-order valence-corrected chi connectivity index (χ1v) is 7.85. The lowest BCUT2D eigenvalue weighted by Crippen LogP contribution is -2.38. The maximum Gasteiger partial charge on any atom is 0.334 e. The molecule has 2 aromatic rings. The van der Waals surface area contributed by atoms with Crippen molar-refractivity contribution in [2.24, 2.45) is 0 Å². The third kappa shape index (κ3) is 2.33. The molecule has 120 valence electrons. The van der Waals surface area contributed by atoms with Crippen LogP contribution >= 0.6 is 11.3 Å². The number of hydrogen-bond acceptors (Lipinski definition) is 6. The Labute approximate surface area is 134 Å². The van der Waals surface area contributed by atoms with E-state index in [0.717, 1.165) is 15.5 Å². The van der Waals surface area contributed by atoms with Crippen molar-refractivity contribution >= 4 is 34.1 Å². The zero-order valence-electron chi connectivity index (χ0n) is 12.8. The third-order valence-electron chi connectivity index (χ3n) is 3.55. The van der Waals surface area contributed by atoms with Crippen molar-refractivity contribution in [3.8, 4) is 0 Å². The van der Waals surface area contributed by atoms with Gasteiger partial charge in [-0.2, -0.15) is 0 Å². The lowest BCUT2D eigenvalue weighted by molar-refractivity contribution is -0.144. The quantitative estimate of drug-likeness (QED) is 0.610. The van der Waals surface area contributed by atoms with E-state index in [0.29, 0.717) is 4.96 Å². The van der Waals surface area contributed by atoms with Crippen LogP contribution in [0.15, 0.2) is 16.2 Å². The van der Waals surface area contributed by atoms with Gasteiger partial charge in [-0.15, -0.1) is 11.3 Å². The van der Waals surface area contributed by atoms with Gasteiger partial charge >= 0.3 is 17.8 Å². The van der Waals surface area contributed by atoms with E-state index in [-0.39, 0.29) is 17.8 Å². The molecule has 1 aliphatic rings. The lowest BCUT2D eigenvalue weighted by Gasteiger charge is -2.18. The number of carbonyl (C=O) groups is 3. The predicted molar refractivity (Wildman–Crippen MR) is 82.0 cm³/mol. The summed E-state index contributed by atoms with van der Waals surface area (Å²) in [6, 6.07) is 0.180. The Balaban J connectivity index is 1.96. The molecule has 1 saturated heterocycles. The van der Waals surface area contributed by atoms with E-state index in [1.54, 1.807) is 26.2 Å². The van der Waals surface area contributed by atoms with E-state index in [1.807, 2.05) is 0 Å². The highest BCUT2D eigenvalue weighted by Gasteiger charge is 2.45.